The first-order valence-electron chi connectivity index (χ1n) is 13.9. The Kier molecular flexibility index (Phi) is 8.98. The standard InChI is InChI=1S/C33H35N3O5/c1-23-18-31(35-30-20-28(39-2)16-17-29(23)30)36(33(38)41-22-25-12-7-4-8-13-25)27-15-9-14-26(19-27)34-32(37)40-21-24-10-5-3-6-11-24/h3-8,10-13,16-18,20,26-27H,9,14-15,19,21-22H2,1-2H3,(H,34,37)/t26-,27-/m0/s1. The van der Waals surface area contributed by atoms with Gasteiger partial charge in [-0.1, -0.05) is 60.7 Å². The minimum absolute atomic E-state index is 0.150. The quantitative estimate of drug-likeness (QED) is 0.254. The molecule has 1 N–H and O–H groups in total. The lowest BCUT2D eigenvalue weighted by Gasteiger charge is -2.36. The third-order valence-electron chi connectivity index (χ3n) is 7.41. The van der Waals surface area contributed by atoms with Gasteiger partial charge in [0.15, 0.2) is 0 Å². The van der Waals surface area contributed by atoms with Gasteiger partial charge in [0, 0.05) is 23.5 Å². The molecule has 1 saturated carbocycles. The predicted octanol–water partition coefficient (Wildman–Crippen LogP) is 6.93. The number of alkyl carbamates (subject to hydrolysis) is 1. The van der Waals surface area contributed by atoms with Gasteiger partial charge in [0.05, 0.1) is 12.6 Å². The molecular weight excluding hydrogens is 518 g/mol. The van der Waals surface area contributed by atoms with E-state index in [0.717, 1.165) is 46.9 Å². The monoisotopic (exact) mass is 553 g/mol. The van der Waals surface area contributed by atoms with Crippen LogP contribution in [0.15, 0.2) is 84.9 Å². The SMILES string of the molecule is COc1ccc2c(C)cc(N(C(=O)OCc3ccccc3)[C@H]3CCC[C@H](NC(=O)OCc4ccccc4)C3)nc2c1. The third kappa shape index (κ3) is 7.14. The van der Waals surface area contributed by atoms with E-state index in [-0.39, 0.29) is 25.3 Å². The van der Waals surface area contributed by atoms with Crippen molar-refractivity contribution in [2.45, 2.75) is 57.9 Å². The van der Waals surface area contributed by atoms with Gasteiger partial charge in [-0.05, 0) is 67.5 Å². The van der Waals surface area contributed by atoms with Crippen LogP contribution in [0.25, 0.3) is 10.9 Å². The number of nitrogens with one attached hydrogen (secondary N) is 1. The molecule has 0 aliphatic heterocycles. The minimum Gasteiger partial charge on any atom is -0.497 e. The topological polar surface area (TPSA) is 90.0 Å². The fourth-order valence-electron chi connectivity index (χ4n) is 5.29. The summed E-state index contributed by atoms with van der Waals surface area (Å²) in [5.41, 5.74) is 3.54. The summed E-state index contributed by atoms with van der Waals surface area (Å²) in [6.45, 7) is 2.35. The van der Waals surface area contributed by atoms with Crippen LogP contribution in [0.1, 0.15) is 42.4 Å². The number of aryl methyl sites for hydroxylation is 1. The number of hydrogen-bond donors (Lipinski definition) is 1. The molecule has 5 rings (SSSR count). The summed E-state index contributed by atoms with van der Waals surface area (Å²) in [5.74, 6) is 1.20. The molecule has 8 heteroatoms. The Bertz CT molecular complexity index is 1480. The van der Waals surface area contributed by atoms with Crippen LogP contribution in [-0.2, 0) is 22.7 Å². The molecule has 0 unspecified atom stereocenters. The van der Waals surface area contributed by atoms with Crippen LogP contribution in [0.2, 0.25) is 0 Å². The van der Waals surface area contributed by atoms with E-state index >= 15 is 0 Å². The van der Waals surface area contributed by atoms with Gasteiger partial charge < -0.3 is 19.5 Å². The van der Waals surface area contributed by atoms with E-state index in [9.17, 15) is 9.59 Å². The Labute approximate surface area is 240 Å². The molecular formula is C33H35N3O5. The molecule has 4 aromatic rings. The highest BCUT2D eigenvalue weighted by Crippen LogP contribution is 2.31. The second-order valence-electron chi connectivity index (χ2n) is 10.3. The molecule has 3 aromatic carbocycles. The van der Waals surface area contributed by atoms with Gasteiger partial charge in [-0.2, -0.15) is 0 Å². The summed E-state index contributed by atoms with van der Waals surface area (Å²) < 4.78 is 16.7. The molecule has 0 spiro atoms. The molecule has 0 bridgehead atoms. The number of pyridine rings is 1. The van der Waals surface area contributed by atoms with Crippen molar-refractivity contribution >= 4 is 28.9 Å². The van der Waals surface area contributed by atoms with Crippen molar-refractivity contribution in [3.63, 3.8) is 0 Å². The van der Waals surface area contributed by atoms with Crippen LogP contribution in [0.4, 0.5) is 15.4 Å². The first-order chi connectivity index (χ1) is 20.0. The van der Waals surface area contributed by atoms with E-state index in [1.807, 2.05) is 91.9 Å². The minimum atomic E-state index is -0.472. The lowest BCUT2D eigenvalue weighted by atomic mass is 9.90. The van der Waals surface area contributed by atoms with Crippen LogP contribution >= 0.6 is 0 Å². The van der Waals surface area contributed by atoms with Gasteiger partial charge in [0.25, 0.3) is 0 Å². The van der Waals surface area contributed by atoms with Crippen molar-refractivity contribution in [3.8, 4) is 5.75 Å². The lowest BCUT2D eigenvalue weighted by molar-refractivity contribution is 0.130. The van der Waals surface area contributed by atoms with Crippen molar-refractivity contribution in [3.05, 3.63) is 102 Å². The maximum absolute atomic E-state index is 13.7. The number of fused-ring (bicyclic) bond motifs is 1. The lowest BCUT2D eigenvalue weighted by Crippen LogP contribution is -2.48. The van der Waals surface area contributed by atoms with E-state index in [2.05, 4.69) is 5.32 Å². The zero-order valence-corrected chi connectivity index (χ0v) is 23.4. The van der Waals surface area contributed by atoms with Crippen LogP contribution in [0, 0.1) is 6.92 Å². The number of amides is 2. The number of carbonyl (C=O) groups is 2. The van der Waals surface area contributed by atoms with Gasteiger partial charge in [-0.3, -0.25) is 4.90 Å². The van der Waals surface area contributed by atoms with Crippen LogP contribution < -0.4 is 15.0 Å². The van der Waals surface area contributed by atoms with Crippen LogP contribution in [0.3, 0.4) is 0 Å². The number of nitrogens with zero attached hydrogens (tertiary/aromatic N) is 2. The number of rotatable bonds is 8. The van der Waals surface area contributed by atoms with E-state index < -0.39 is 12.2 Å². The predicted molar refractivity (Wildman–Crippen MR) is 158 cm³/mol. The Hall–Kier alpha value is -4.59. The van der Waals surface area contributed by atoms with Crippen molar-refractivity contribution < 1.29 is 23.8 Å². The smallest absolute Gasteiger partial charge is 0.416 e. The summed E-state index contributed by atoms with van der Waals surface area (Å²) >= 11 is 0. The molecule has 212 valence electrons. The Morgan fingerprint density at radius 3 is 2.27 bits per heavy atom. The number of carbonyl (C=O) groups excluding carboxylic acids is 2. The molecule has 1 heterocycles. The molecule has 1 aliphatic carbocycles. The fraction of sp³-hybridized carbons (Fsp3) is 0.303. The second-order valence-corrected chi connectivity index (χ2v) is 10.3. The molecule has 2 atom stereocenters. The highest BCUT2D eigenvalue weighted by atomic mass is 16.6. The van der Waals surface area contributed by atoms with Gasteiger partial charge >= 0.3 is 12.2 Å². The molecule has 0 radical (unpaired) electrons. The Balaban J connectivity index is 1.36. The highest BCUT2D eigenvalue weighted by Gasteiger charge is 2.34. The van der Waals surface area contributed by atoms with Gasteiger partial charge in [-0.15, -0.1) is 0 Å². The van der Waals surface area contributed by atoms with E-state index in [1.165, 1.54) is 0 Å². The number of benzene rings is 3. The first kappa shape index (κ1) is 28.0. The van der Waals surface area contributed by atoms with Gasteiger partial charge in [0.2, 0.25) is 0 Å². The van der Waals surface area contributed by atoms with Crippen molar-refractivity contribution in [2.24, 2.45) is 0 Å². The summed E-state index contributed by atoms with van der Waals surface area (Å²) in [4.78, 5) is 32.8. The molecule has 8 nitrogen and oxygen atoms in total. The zero-order valence-electron chi connectivity index (χ0n) is 23.4. The largest absolute Gasteiger partial charge is 0.497 e. The van der Waals surface area contributed by atoms with Gasteiger partial charge in [0.1, 0.15) is 24.8 Å². The normalized spacial score (nSPS) is 16.5. The van der Waals surface area contributed by atoms with E-state index in [1.54, 1.807) is 12.0 Å². The van der Waals surface area contributed by atoms with Crippen LogP contribution in [-0.4, -0.2) is 36.4 Å². The van der Waals surface area contributed by atoms with Crippen molar-refractivity contribution in [1.82, 2.24) is 10.3 Å². The van der Waals surface area contributed by atoms with Crippen molar-refractivity contribution in [1.29, 1.82) is 0 Å². The van der Waals surface area contributed by atoms with Gasteiger partial charge in [-0.25, -0.2) is 14.6 Å². The summed E-state index contributed by atoms with van der Waals surface area (Å²) in [6.07, 6.45) is 2.00. The average molecular weight is 554 g/mol. The fourth-order valence-corrected chi connectivity index (χ4v) is 5.29. The zero-order chi connectivity index (χ0) is 28.6. The molecule has 41 heavy (non-hydrogen) atoms. The Morgan fingerprint density at radius 2 is 1.59 bits per heavy atom. The summed E-state index contributed by atoms with van der Waals surface area (Å²) in [6, 6.07) is 26.4. The summed E-state index contributed by atoms with van der Waals surface area (Å²) in [5, 5.41) is 3.98. The van der Waals surface area contributed by atoms with E-state index in [0.29, 0.717) is 18.0 Å². The van der Waals surface area contributed by atoms with E-state index in [4.69, 9.17) is 19.2 Å². The number of hydrogen-bond acceptors (Lipinski definition) is 6. The molecule has 0 saturated heterocycles. The number of methoxy groups -OCH3 is 1. The van der Waals surface area contributed by atoms with Crippen LogP contribution in [0.5, 0.6) is 5.75 Å². The molecule has 1 aromatic heterocycles. The number of anilines is 1. The van der Waals surface area contributed by atoms with Crippen molar-refractivity contribution in [2.75, 3.05) is 12.0 Å². The maximum atomic E-state index is 13.7. The third-order valence-corrected chi connectivity index (χ3v) is 7.41. The average Bonchev–Trinajstić information content (AvgIpc) is 3.00. The molecule has 2 amide bonds. The highest BCUT2D eigenvalue weighted by molar-refractivity contribution is 5.91. The number of ether oxygens (including phenoxy) is 3. The summed E-state index contributed by atoms with van der Waals surface area (Å²) in [7, 11) is 1.62. The first-order valence-corrected chi connectivity index (χ1v) is 13.9. The number of aromatic nitrogens is 1. The molecule has 1 aliphatic rings. The second kappa shape index (κ2) is 13.2. The maximum Gasteiger partial charge on any atom is 0.416 e. The Morgan fingerprint density at radius 1 is 0.902 bits per heavy atom. The molecule has 1 fully saturated rings.